The van der Waals surface area contributed by atoms with Gasteiger partial charge in [-0.15, -0.1) is 0 Å². The molecular formula is C19H21N3O2. The second-order valence-electron chi connectivity index (χ2n) is 6.56. The molecule has 0 radical (unpaired) electrons. The monoisotopic (exact) mass is 323 g/mol. The van der Waals surface area contributed by atoms with Gasteiger partial charge in [0.2, 0.25) is 0 Å². The number of hydrogen-bond acceptors (Lipinski definition) is 4. The zero-order valence-electron chi connectivity index (χ0n) is 14.5. The van der Waals surface area contributed by atoms with Gasteiger partial charge in [0.05, 0.1) is 0 Å². The molecule has 0 unspecified atom stereocenters. The molecule has 1 aliphatic heterocycles. The number of ketones is 2. The van der Waals surface area contributed by atoms with Crippen LogP contribution in [-0.2, 0) is 16.6 Å². The normalized spacial score (nSPS) is 20.6. The van der Waals surface area contributed by atoms with Crippen LogP contribution >= 0.6 is 0 Å². The van der Waals surface area contributed by atoms with Crippen molar-refractivity contribution in [2.75, 3.05) is 0 Å². The van der Waals surface area contributed by atoms with Crippen molar-refractivity contribution in [3.8, 4) is 6.07 Å². The lowest BCUT2D eigenvalue weighted by atomic mass is 9.74. The Balaban J connectivity index is 2.28. The fourth-order valence-electron chi connectivity index (χ4n) is 3.88. The van der Waals surface area contributed by atoms with Gasteiger partial charge in [0.15, 0.2) is 11.6 Å². The number of dihydropyridines is 1. The quantitative estimate of drug-likeness (QED) is 0.908. The van der Waals surface area contributed by atoms with Gasteiger partial charge < -0.3 is 9.88 Å². The van der Waals surface area contributed by atoms with Crippen molar-refractivity contribution in [2.45, 2.75) is 46.0 Å². The second-order valence-corrected chi connectivity index (χ2v) is 6.56. The van der Waals surface area contributed by atoms with Gasteiger partial charge >= 0.3 is 0 Å². The van der Waals surface area contributed by atoms with E-state index in [1.807, 2.05) is 31.5 Å². The first-order chi connectivity index (χ1) is 11.4. The van der Waals surface area contributed by atoms with Gasteiger partial charge in [-0.05, 0) is 45.2 Å². The lowest BCUT2D eigenvalue weighted by Crippen LogP contribution is -2.33. The number of hydrogen-bond donors (Lipinski definition) is 1. The number of aromatic nitrogens is 1. The van der Waals surface area contributed by atoms with E-state index in [2.05, 4.69) is 11.4 Å². The van der Waals surface area contributed by atoms with Gasteiger partial charge in [-0.2, -0.15) is 5.26 Å². The van der Waals surface area contributed by atoms with Gasteiger partial charge in [0.25, 0.3) is 0 Å². The van der Waals surface area contributed by atoms with Gasteiger partial charge in [-0.3, -0.25) is 9.59 Å². The third-order valence-electron chi connectivity index (χ3n) is 5.16. The molecule has 1 aromatic rings. The molecule has 0 spiro atoms. The first-order valence-corrected chi connectivity index (χ1v) is 8.18. The highest BCUT2D eigenvalue weighted by molar-refractivity contribution is 6.05. The van der Waals surface area contributed by atoms with Crippen LogP contribution in [0.2, 0.25) is 0 Å². The fraction of sp³-hybridized carbons (Fsp3) is 0.421. The van der Waals surface area contributed by atoms with E-state index < -0.39 is 0 Å². The van der Waals surface area contributed by atoms with Gasteiger partial charge in [0, 0.05) is 47.6 Å². The molecule has 0 amide bonds. The van der Waals surface area contributed by atoms with Crippen LogP contribution in [0.4, 0.5) is 0 Å². The van der Waals surface area contributed by atoms with Gasteiger partial charge in [-0.1, -0.05) is 0 Å². The molecule has 2 aliphatic rings. The standard InChI is InChI=1S/C19H21N3O2/c1-10-17(12(3)23)18(14-8-13(9-20)22(4)11(14)2)19-15(21-10)6-5-7-16(19)24/h8,18,21H,5-7H2,1-4H3/t18-/m0/s1. The molecule has 5 nitrogen and oxygen atoms in total. The van der Waals surface area contributed by atoms with Crippen LogP contribution in [0.3, 0.4) is 0 Å². The Morgan fingerprint density at radius 2 is 2.08 bits per heavy atom. The average Bonchev–Trinajstić information content (AvgIpc) is 2.81. The molecule has 0 saturated heterocycles. The Hall–Kier alpha value is -2.61. The highest BCUT2D eigenvalue weighted by Gasteiger charge is 2.38. The Morgan fingerprint density at radius 3 is 2.67 bits per heavy atom. The van der Waals surface area contributed by atoms with Crippen molar-refractivity contribution < 1.29 is 9.59 Å². The highest BCUT2D eigenvalue weighted by atomic mass is 16.1. The van der Waals surface area contributed by atoms with E-state index in [0.717, 1.165) is 35.5 Å². The van der Waals surface area contributed by atoms with Gasteiger partial charge in [-0.25, -0.2) is 0 Å². The van der Waals surface area contributed by atoms with Crippen LogP contribution < -0.4 is 5.32 Å². The molecule has 3 rings (SSSR count). The molecule has 0 bridgehead atoms. The van der Waals surface area contributed by atoms with E-state index in [0.29, 0.717) is 23.3 Å². The van der Waals surface area contributed by atoms with E-state index in [1.54, 1.807) is 0 Å². The maximum atomic E-state index is 12.7. The summed E-state index contributed by atoms with van der Waals surface area (Å²) >= 11 is 0. The topological polar surface area (TPSA) is 74.9 Å². The molecule has 1 atom stereocenters. The molecule has 0 fully saturated rings. The van der Waals surface area contributed by atoms with E-state index in [4.69, 9.17) is 0 Å². The Bertz CT molecular complexity index is 862. The number of Topliss-reactive ketones (excluding diaryl/α,β-unsaturated/α-hetero) is 2. The summed E-state index contributed by atoms with van der Waals surface area (Å²) in [5.41, 5.74) is 5.39. The minimum absolute atomic E-state index is 0.0447. The largest absolute Gasteiger partial charge is 0.362 e. The first kappa shape index (κ1) is 16.3. The molecule has 0 aromatic carbocycles. The minimum Gasteiger partial charge on any atom is -0.362 e. The summed E-state index contributed by atoms with van der Waals surface area (Å²) in [6.07, 6.45) is 2.16. The van der Waals surface area contributed by atoms with Crippen LogP contribution in [-0.4, -0.2) is 16.1 Å². The van der Waals surface area contributed by atoms with Crippen LogP contribution in [0.25, 0.3) is 0 Å². The van der Waals surface area contributed by atoms with Crippen LogP contribution in [0.5, 0.6) is 0 Å². The molecular weight excluding hydrogens is 302 g/mol. The molecule has 5 heteroatoms. The molecule has 1 N–H and O–H groups in total. The molecule has 1 aromatic heterocycles. The van der Waals surface area contributed by atoms with Crippen molar-refractivity contribution in [2.24, 2.45) is 7.05 Å². The maximum Gasteiger partial charge on any atom is 0.161 e. The van der Waals surface area contributed by atoms with Crippen LogP contribution in [0.15, 0.2) is 28.6 Å². The maximum absolute atomic E-state index is 12.7. The number of nitriles is 1. The Labute approximate surface area is 141 Å². The number of carbonyl (C=O) groups is 2. The van der Waals surface area contributed by atoms with Crippen LogP contribution in [0.1, 0.15) is 56.0 Å². The second kappa shape index (κ2) is 5.79. The Kier molecular flexibility index (Phi) is 3.92. The van der Waals surface area contributed by atoms with E-state index >= 15 is 0 Å². The zero-order valence-corrected chi connectivity index (χ0v) is 14.5. The van der Waals surface area contributed by atoms with Crippen molar-refractivity contribution in [3.05, 3.63) is 45.6 Å². The summed E-state index contributed by atoms with van der Waals surface area (Å²) in [6.45, 7) is 5.35. The predicted molar refractivity (Wildman–Crippen MR) is 90.0 cm³/mol. The fourth-order valence-corrected chi connectivity index (χ4v) is 3.88. The van der Waals surface area contributed by atoms with Crippen molar-refractivity contribution in [1.29, 1.82) is 5.26 Å². The third kappa shape index (κ3) is 2.30. The number of allylic oxidation sites excluding steroid dienone is 4. The van der Waals surface area contributed by atoms with E-state index in [9.17, 15) is 14.9 Å². The van der Waals surface area contributed by atoms with Crippen molar-refractivity contribution in [3.63, 3.8) is 0 Å². The smallest absolute Gasteiger partial charge is 0.161 e. The summed E-state index contributed by atoms with van der Waals surface area (Å²) in [5.74, 6) is -0.321. The van der Waals surface area contributed by atoms with Gasteiger partial charge in [0.1, 0.15) is 11.8 Å². The minimum atomic E-state index is -0.375. The lowest BCUT2D eigenvalue weighted by Gasteiger charge is -2.34. The summed E-state index contributed by atoms with van der Waals surface area (Å²) in [7, 11) is 1.83. The summed E-state index contributed by atoms with van der Waals surface area (Å²) < 4.78 is 1.82. The van der Waals surface area contributed by atoms with E-state index in [-0.39, 0.29) is 17.5 Å². The van der Waals surface area contributed by atoms with Crippen molar-refractivity contribution >= 4 is 11.6 Å². The number of nitrogens with one attached hydrogen (secondary N) is 1. The molecule has 124 valence electrons. The Morgan fingerprint density at radius 1 is 1.38 bits per heavy atom. The lowest BCUT2D eigenvalue weighted by molar-refractivity contribution is -0.116. The third-order valence-corrected chi connectivity index (χ3v) is 5.16. The molecule has 1 aliphatic carbocycles. The first-order valence-electron chi connectivity index (χ1n) is 8.18. The summed E-state index contributed by atoms with van der Waals surface area (Å²) in [6, 6.07) is 3.99. The SMILES string of the molecule is CC(=O)C1=C(C)NC2=C(C(=O)CCC2)[C@H]1c1cc(C#N)n(C)c1C. The van der Waals surface area contributed by atoms with Crippen molar-refractivity contribution in [1.82, 2.24) is 9.88 Å². The summed E-state index contributed by atoms with van der Waals surface area (Å²) in [4.78, 5) is 25.0. The summed E-state index contributed by atoms with van der Waals surface area (Å²) in [5, 5.41) is 12.6. The van der Waals surface area contributed by atoms with E-state index in [1.165, 1.54) is 6.92 Å². The number of nitrogens with zero attached hydrogens (tertiary/aromatic N) is 2. The zero-order chi connectivity index (χ0) is 17.6. The average molecular weight is 323 g/mol. The molecule has 2 heterocycles. The molecule has 0 saturated carbocycles. The van der Waals surface area contributed by atoms with Crippen LogP contribution in [0, 0.1) is 18.3 Å². The molecule has 24 heavy (non-hydrogen) atoms. The predicted octanol–water partition coefficient (Wildman–Crippen LogP) is 2.76. The number of carbonyl (C=O) groups excluding carboxylic acids is 2. The number of rotatable bonds is 2. The highest BCUT2D eigenvalue weighted by Crippen LogP contribution is 2.43.